The molecular weight excluding hydrogens is 288 g/mol. The third-order valence-electron chi connectivity index (χ3n) is 3.23. The van der Waals surface area contributed by atoms with E-state index in [1.54, 1.807) is 36.7 Å². The maximum absolute atomic E-state index is 12.5. The molecule has 0 saturated heterocycles. The van der Waals surface area contributed by atoms with Crippen LogP contribution in [0, 0.1) is 0 Å². The van der Waals surface area contributed by atoms with Crippen molar-refractivity contribution in [1.29, 1.82) is 0 Å². The van der Waals surface area contributed by atoms with Gasteiger partial charge in [0, 0.05) is 34.8 Å². The topological polar surface area (TPSA) is 101 Å². The van der Waals surface area contributed by atoms with Crippen LogP contribution in [0.1, 0.15) is 5.56 Å². The largest absolute Gasteiger partial charge is 0.398 e. The number of anilines is 1. The van der Waals surface area contributed by atoms with Crippen molar-refractivity contribution in [3.05, 3.63) is 54.4 Å². The average Bonchev–Trinajstić information content (AvgIpc) is 2.99. The fourth-order valence-corrected chi connectivity index (χ4v) is 3.39. The highest BCUT2D eigenvalue weighted by Crippen LogP contribution is 2.27. The fraction of sp³-hybridized carbons (Fsp3) is 0.0714. The molecule has 3 aromatic rings. The normalized spacial score (nSPS) is 11.8. The van der Waals surface area contributed by atoms with Gasteiger partial charge in [0.2, 0.25) is 10.0 Å². The predicted octanol–water partition coefficient (Wildman–Crippen LogP) is 1.62. The van der Waals surface area contributed by atoms with E-state index in [1.165, 1.54) is 6.07 Å². The van der Waals surface area contributed by atoms with E-state index in [0.29, 0.717) is 11.1 Å². The quantitative estimate of drug-likeness (QED) is 0.637. The Kier molecular flexibility index (Phi) is 3.36. The molecule has 0 aliphatic carbocycles. The molecule has 0 fully saturated rings. The van der Waals surface area contributed by atoms with Gasteiger partial charge in [-0.05, 0) is 12.1 Å². The molecule has 0 saturated carbocycles. The second-order valence-electron chi connectivity index (χ2n) is 4.63. The van der Waals surface area contributed by atoms with Crippen molar-refractivity contribution in [2.45, 2.75) is 11.4 Å². The zero-order chi connectivity index (χ0) is 14.9. The second-order valence-corrected chi connectivity index (χ2v) is 6.36. The molecule has 3 rings (SSSR count). The summed E-state index contributed by atoms with van der Waals surface area (Å²) < 4.78 is 27.5. The Labute approximate surface area is 122 Å². The summed E-state index contributed by atoms with van der Waals surface area (Å²) in [6, 6.07) is 10.3. The summed E-state index contributed by atoms with van der Waals surface area (Å²) in [7, 11) is -3.63. The number of nitrogens with one attached hydrogen (secondary N) is 2. The van der Waals surface area contributed by atoms with Gasteiger partial charge < -0.3 is 5.73 Å². The number of hydrogen-bond donors (Lipinski definition) is 3. The molecule has 0 radical (unpaired) electrons. The highest BCUT2D eigenvalue weighted by molar-refractivity contribution is 7.89. The SMILES string of the molecule is Nc1ccc(S(=O)(=O)NCc2cn[nH]c2)c2ccccc12. The van der Waals surface area contributed by atoms with Gasteiger partial charge in [-0.15, -0.1) is 0 Å². The summed E-state index contributed by atoms with van der Waals surface area (Å²) in [4.78, 5) is 0.218. The molecule has 7 heteroatoms. The Hall–Kier alpha value is -2.38. The third kappa shape index (κ3) is 2.61. The van der Waals surface area contributed by atoms with Crippen molar-refractivity contribution in [2.24, 2.45) is 0 Å². The van der Waals surface area contributed by atoms with Gasteiger partial charge >= 0.3 is 0 Å². The van der Waals surface area contributed by atoms with E-state index in [0.717, 1.165) is 10.9 Å². The number of aromatic amines is 1. The summed E-state index contributed by atoms with van der Waals surface area (Å²) in [5.74, 6) is 0. The Balaban J connectivity index is 2.01. The van der Waals surface area contributed by atoms with E-state index in [9.17, 15) is 8.42 Å². The van der Waals surface area contributed by atoms with Gasteiger partial charge in [-0.1, -0.05) is 24.3 Å². The minimum absolute atomic E-state index is 0.178. The van der Waals surface area contributed by atoms with Crippen molar-refractivity contribution in [3.63, 3.8) is 0 Å². The maximum atomic E-state index is 12.5. The van der Waals surface area contributed by atoms with Crippen LogP contribution in [-0.2, 0) is 16.6 Å². The van der Waals surface area contributed by atoms with E-state index < -0.39 is 10.0 Å². The molecule has 4 N–H and O–H groups in total. The summed E-state index contributed by atoms with van der Waals surface area (Å²) in [6.45, 7) is 0.178. The molecule has 108 valence electrons. The Morgan fingerprint density at radius 2 is 1.90 bits per heavy atom. The molecule has 0 aliphatic rings. The smallest absolute Gasteiger partial charge is 0.241 e. The molecule has 1 aromatic heterocycles. The van der Waals surface area contributed by atoms with Crippen LogP contribution in [0.5, 0.6) is 0 Å². The van der Waals surface area contributed by atoms with Crippen molar-refractivity contribution < 1.29 is 8.42 Å². The number of nitrogen functional groups attached to an aromatic ring is 1. The van der Waals surface area contributed by atoms with Crippen LogP contribution in [0.3, 0.4) is 0 Å². The van der Waals surface area contributed by atoms with Crippen LogP contribution < -0.4 is 10.5 Å². The first-order valence-corrected chi connectivity index (χ1v) is 7.81. The standard InChI is InChI=1S/C14H14N4O2S/c15-13-5-6-14(12-4-2-1-3-11(12)13)21(19,20)18-9-10-7-16-17-8-10/h1-8,18H,9,15H2,(H,16,17). The second kappa shape index (κ2) is 5.19. The number of benzene rings is 2. The van der Waals surface area contributed by atoms with Gasteiger partial charge in [0.25, 0.3) is 0 Å². The van der Waals surface area contributed by atoms with Gasteiger partial charge in [-0.3, -0.25) is 5.10 Å². The molecule has 1 heterocycles. The molecular formula is C14H14N4O2S. The van der Waals surface area contributed by atoms with Gasteiger partial charge in [0.05, 0.1) is 11.1 Å². The lowest BCUT2D eigenvalue weighted by Crippen LogP contribution is -2.23. The number of H-pyrrole nitrogens is 1. The first kappa shape index (κ1) is 13.6. The molecule has 0 unspecified atom stereocenters. The maximum Gasteiger partial charge on any atom is 0.241 e. The summed E-state index contributed by atoms with van der Waals surface area (Å²) in [5, 5.41) is 7.76. The minimum Gasteiger partial charge on any atom is -0.398 e. The molecule has 0 spiro atoms. The van der Waals surface area contributed by atoms with Gasteiger partial charge in [0.15, 0.2) is 0 Å². The summed E-state index contributed by atoms with van der Waals surface area (Å²) >= 11 is 0. The number of rotatable bonds is 4. The van der Waals surface area contributed by atoms with Gasteiger partial charge in [-0.25, -0.2) is 13.1 Å². The van der Waals surface area contributed by atoms with Crippen LogP contribution in [0.15, 0.2) is 53.7 Å². The lowest BCUT2D eigenvalue weighted by atomic mass is 10.1. The molecule has 0 bridgehead atoms. The van der Waals surface area contributed by atoms with Crippen molar-refractivity contribution in [2.75, 3.05) is 5.73 Å². The highest BCUT2D eigenvalue weighted by atomic mass is 32.2. The Bertz CT molecular complexity index is 873. The van der Waals surface area contributed by atoms with Crippen LogP contribution in [-0.4, -0.2) is 18.6 Å². The molecule has 0 atom stereocenters. The number of nitrogens with two attached hydrogens (primary N) is 1. The van der Waals surface area contributed by atoms with Crippen molar-refractivity contribution >= 4 is 26.5 Å². The zero-order valence-electron chi connectivity index (χ0n) is 11.1. The van der Waals surface area contributed by atoms with Crippen LogP contribution in [0.25, 0.3) is 10.8 Å². The van der Waals surface area contributed by atoms with E-state index in [4.69, 9.17) is 5.73 Å². The minimum atomic E-state index is -3.63. The molecule has 2 aromatic carbocycles. The van der Waals surface area contributed by atoms with Crippen LogP contribution in [0.2, 0.25) is 0 Å². The number of sulfonamides is 1. The predicted molar refractivity (Wildman–Crippen MR) is 81.0 cm³/mol. The molecule has 0 amide bonds. The molecule has 0 aliphatic heterocycles. The first-order valence-electron chi connectivity index (χ1n) is 6.32. The Morgan fingerprint density at radius 3 is 2.62 bits per heavy atom. The number of nitrogens with zero attached hydrogens (tertiary/aromatic N) is 1. The number of fused-ring (bicyclic) bond motifs is 1. The van der Waals surface area contributed by atoms with Crippen LogP contribution in [0.4, 0.5) is 5.69 Å². The monoisotopic (exact) mass is 302 g/mol. The lowest BCUT2D eigenvalue weighted by molar-refractivity contribution is 0.582. The van der Waals surface area contributed by atoms with Crippen LogP contribution >= 0.6 is 0 Å². The molecule has 6 nitrogen and oxygen atoms in total. The Morgan fingerprint density at radius 1 is 1.14 bits per heavy atom. The zero-order valence-corrected chi connectivity index (χ0v) is 11.9. The van der Waals surface area contributed by atoms with E-state index >= 15 is 0 Å². The third-order valence-corrected chi connectivity index (χ3v) is 4.69. The lowest BCUT2D eigenvalue weighted by Gasteiger charge is -2.10. The van der Waals surface area contributed by atoms with E-state index in [2.05, 4.69) is 14.9 Å². The average molecular weight is 302 g/mol. The van der Waals surface area contributed by atoms with E-state index in [-0.39, 0.29) is 11.4 Å². The van der Waals surface area contributed by atoms with Gasteiger partial charge in [0.1, 0.15) is 0 Å². The van der Waals surface area contributed by atoms with E-state index in [1.807, 2.05) is 6.07 Å². The van der Waals surface area contributed by atoms with Crippen molar-refractivity contribution in [1.82, 2.24) is 14.9 Å². The number of hydrogen-bond acceptors (Lipinski definition) is 4. The molecule has 21 heavy (non-hydrogen) atoms. The number of aromatic nitrogens is 2. The highest BCUT2D eigenvalue weighted by Gasteiger charge is 2.17. The first-order chi connectivity index (χ1) is 10.1. The van der Waals surface area contributed by atoms with Gasteiger partial charge in [-0.2, -0.15) is 5.10 Å². The fourth-order valence-electron chi connectivity index (χ4n) is 2.16. The van der Waals surface area contributed by atoms with Crippen molar-refractivity contribution in [3.8, 4) is 0 Å². The summed E-state index contributed by atoms with van der Waals surface area (Å²) in [5.41, 5.74) is 7.21. The summed E-state index contributed by atoms with van der Waals surface area (Å²) in [6.07, 6.45) is 3.22.